The van der Waals surface area contributed by atoms with E-state index in [-0.39, 0.29) is 17.6 Å². The van der Waals surface area contributed by atoms with Gasteiger partial charge >= 0.3 is 0 Å². The van der Waals surface area contributed by atoms with Crippen LogP contribution in [0, 0.1) is 11.8 Å². The number of anilines is 1. The Morgan fingerprint density at radius 2 is 1.53 bits per heavy atom. The lowest BCUT2D eigenvalue weighted by Gasteiger charge is -2.33. The molecule has 0 saturated carbocycles. The van der Waals surface area contributed by atoms with Crippen LogP contribution in [-0.2, 0) is 9.59 Å². The molecule has 0 spiro atoms. The predicted molar refractivity (Wildman–Crippen MR) is 126 cm³/mol. The van der Waals surface area contributed by atoms with E-state index in [2.05, 4.69) is 5.10 Å². The van der Waals surface area contributed by atoms with E-state index in [9.17, 15) is 14.4 Å². The monoisotopic (exact) mass is 451 g/mol. The summed E-state index contributed by atoms with van der Waals surface area (Å²) in [6.07, 6.45) is 1.70. The molecule has 3 heterocycles. The number of ether oxygens (including phenoxy) is 1. The molecule has 2 fully saturated rings. The molecule has 7 heteroatoms. The molecular formula is C27H21N3O4. The van der Waals surface area contributed by atoms with Gasteiger partial charge in [0.15, 0.2) is 5.78 Å². The molecule has 2 amide bonds. The first-order chi connectivity index (χ1) is 16.6. The molecule has 3 aromatic carbocycles. The fourth-order valence-electron chi connectivity index (χ4n) is 5.43. The molecule has 3 aromatic rings. The highest BCUT2D eigenvalue weighted by Crippen LogP contribution is 2.53. The molecule has 2 saturated heterocycles. The molecule has 0 radical (unpaired) electrons. The SMILES string of the molecule is COc1ccc(C(=O)[C@@H]2[C@@H]3C(=O)N(c4ccccc4)C(=O)[C@@H]3[C@@H]3c4ccccc4C=NN23)cc1. The minimum absolute atomic E-state index is 0.243. The van der Waals surface area contributed by atoms with Crippen molar-refractivity contribution in [3.05, 3.63) is 95.6 Å². The van der Waals surface area contributed by atoms with Crippen molar-refractivity contribution in [2.75, 3.05) is 12.0 Å². The first-order valence-electron chi connectivity index (χ1n) is 11.1. The Hall–Kier alpha value is -4.26. The number of rotatable bonds is 4. The summed E-state index contributed by atoms with van der Waals surface area (Å²) >= 11 is 0. The molecular weight excluding hydrogens is 430 g/mol. The Kier molecular flexibility index (Phi) is 4.58. The fourth-order valence-corrected chi connectivity index (χ4v) is 5.43. The second kappa shape index (κ2) is 7.66. The average Bonchev–Trinajstić information content (AvgIpc) is 3.36. The number of benzene rings is 3. The van der Waals surface area contributed by atoms with E-state index < -0.39 is 23.9 Å². The zero-order valence-electron chi connectivity index (χ0n) is 18.4. The number of fused-ring (bicyclic) bond motifs is 5. The summed E-state index contributed by atoms with van der Waals surface area (Å²) in [5.41, 5.74) is 2.74. The van der Waals surface area contributed by atoms with Gasteiger partial charge in [-0.15, -0.1) is 0 Å². The molecule has 3 aliphatic heterocycles. The largest absolute Gasteiger partial charge is 0.497 e. The second-order valence-electron chi connectivity index (χ2n) is 8.63. The van der Waals surface area contributed by atoms with Gasteiger partial charge in [0.2, 0.25) is 11.8 Å². The molecule has 3 aliphatic rings. The van der Waals surface area contributed by atoms with Gasteiger partial charge in [0, 0.05) is 5.56 Å². The zero-order chi connectivity index (χ0) is 23.4. The number of para-hydroxylation sites is 1. The third-order valence-electron chi connectivity index (χ3n) is 6.95. The number of imide groups is 1. The molecule has 0 unspecified atom stereocenters. The number of carbonyl (C=O) groups is 3. The van der Waals surface area contributed by atoms with Crippen LogP contribution in [0.1, 0.15) is 27.5 Å². The number of hydrogen-bond donors (Lipinski definition) is 0. The van der Waals surface area contributed by atoms with Crippen LogP contribution in [0.25, 0.3) is 0 Å². The average molecular weight is 451 g/mol. The van der Waals surface area contributed by atoms with E-state index >= 15 is 0 Å². The summed E-state index contributed by atoms with van der Waals surface area (Å²) in [5, 5.41) is 6.25. The lowest BCUT2D eigenvalue weighted by atomic mass is 9.83. The molecule has 0 aliphatic carbocycles. The highest BCUT2D eigenvalue weighted by atomic mass is 16.5. The van der Waals surface area contributed by atoms with Crippen molar-refractivity contribution in [2.24, 2.45) is 16.9 Å². The van der Waals surface area contributed by atoms with E-state index in [4.69, 9.17) is 4.74 Å². The van der Waals surface area contributed by atoms with Crippen molar-refractivity contribution >= 4 is 29.5 Å². The summed E-state index contributed by atoms with van der Waals surface area (Å²) in [6.45, 7) is 0. The summed E-state index contributed by atoms with van der Waals surface area (Å²) < 4.78 is 5.21. The molecule has 0 N–H and O–H groups in total. The molecule has 6 rings (SSSR count). The normalized spacial score (nSPS) is 24.6. The molecule has 4 atom stereocenters. The van der Waals surface area contributed by atoms with E-state index in [0.29, 0.717) is 17.0 Å². The summed E-state index contributed by atoms with van der Waals surface area (Å²) in [5.74, 6) is -1.82. The number of Topliss-reactive ketones (excluding diaryl/α,β-unsaturated/α-hetero) is 1. The van der Waals surface area contributed by atoms with Gasteiger partial charge in [-0.25, -0.2) is 4.90 Å². The van der Waals surface area contributed by atoms with E-state index in [0.717, 1.165) is 11.1 Å². The quantitative estimate of drug-likeness (QED) is 0.448. The van der Waals surface area contributed by atoms with Gasteiger partial charge in [-0.1, -0.05) is 42.5 Å². The lowest BCUT2D eigenvalue weighted by molar-refractivity contribution is -0.124. The maximum Gasteiger partial charge on any atom is 0.240 e. The molecule has 7 nitrogen and oxygen atoms in total. The number of methoxy groups -OCH3 is 1. The van der Waals surface area contributed by atoms with Crippen LogP contribution in [0.4, 0.5) is 5.69 Å². The van der Waals surface area contributed by atoms with Crippen molar-refractivity contribution in [3.63, 3.8) is 0 Å². The second-order valence-corrected chi connectivity index (χ2v) is 8.63. The van der Waals surface area contributed by atoms with Gasteiger partial charge in [-0.05, 0) is 47.5 Å². The lowest BCUT2D eigenvalue weighted by Crippen LogP contribution is -2.44. The van der Waals surface area contributed by atoms with Crippen molar-refractivity contribution in [3.8, 4) is 5.75 Å². The molecule has 168 valence electrons. The number of ketones is 1. The van der Waals surface area contributed by atoms with Crippen molar-refractivity contribution < 1.29 is 19.1 Å². The highest BCUT2D eigenvalue weighted by Gasteiger charge is 2.65. The van der Waals surface area contributed by atoms with Gasteiger partial charge in [-0.2, -0.15) is 5.10 Å². The zero-order valence-corrected chi connectivity index (χ0v) is 18.4. The van der Waals surface area contributed by atoms with Crippen LogP contribution < -0.4 is 9.64 Å². The van der Waals surface area contributed by atoms with Crippen LogP contribution >= 0.6 is 0 Å². The first kappa shape index (κ1) is 20.4. The fraction of sp³-hybridized carbons (Fsp3) is 0.185. The van der Waals surface area contributed by atoms with Gasteiger partial charge < -0.3 is 4.74 Å². The van der Waals surface area contributed by atoms with Gasteiger partial charge in [0.25, 0.3) is 0 Å². The third kappa shape index (κ3) is 2.83. The number of carbonyl (C=O) groups excluding carboxylic acids is 3. The summed E-state index contributed by atoms with van der Waals surface area (Å²) in [6, 6.07) is 22.0. The maximum atomic E-state index is 13.8. The van der Waals surface area contributed by atoms with Crippen molar-refractivity contribution in [1.82, 2.24) is 5.01 Å². The van der Waals surface area contributed by atoms with E-state index in [1.807, 2.05) is 30.3 Å². The van der Waals surface area contributed by atoms with Crippen LogP contribution in [-0.4, -0.2) is 42.0 Å². The van der Waals surface area contributed by atoms with Crippen LogP contribution in [0.15, 0.2) is 84.0 Å². The minimum Gasteiger partial charge on any atom is -0.497 e. The highest BCUT2D eigenvalue weighted by molar-refractivity contribution is 6.24. The van der Waals surface area contributed by atoms with Gasteiger partial charge in [0.1, 0.15) is 11.8 Å². The standard InChI is InChI=1S/C27H21N3O4/c1-34-19-13-11-16(12-14-19)25(31)24-22-21(23-20-10-6-5-7-17(20)15-28-30(23)24)26(32)29(27(22)33)18-8-3-2-4-9-18/h2-15,21-24H,1H3/t21-,22+,23-,24-/m0/s1. The van der Waals surface area contributed by atoms with E-state index in [1.165, 1.54) is 4.90 Å². The summed E-state index contributed by atoms with van der Waals surface area (Å²) in [7, 11) is 1.56. The third-order valence-corrected chi connectivity index (χ3v) is 6.95. The molecule has 34 heavy (non-hydrogen) atoms. The number of nitrogens with zero attached hydrogens (tertiary/aromatic N) is 3. The Balaban J connectivity index is 1.48. The number of hydrazone groups is 1. The Labute approximate surface area is 196 Å². The van der Waals surface area contributed by atoms with E-state index in [1.54, 1.807) is 66.9 Å². The maximum absolute atomic E-state index is 13.8. The Morgan fingerprint density at radius 3 is 2.26 bits per heavy atom. The van der Waals surface area contributed by atoms with Crippen LogP contribution in [0.3, 0.4) is 0 Å². The topological polar surface area (TPSA) is 79.3 Å². The summed E-state index contributed by atoms with van der Waals surface area (Å²) in [4.78, 5) is 42.6. The smallest absolute Gasteiger partial charge is 0.240 e. The minimum atomic E-state index is -0.891. The number of amides is 2. The predicted octanol–water partition coefficient (Wildman–Crippen LogP) is 3.46. The Bertz CT molecular complexity index is 1340. The van der Waals surface area contributed by atoms with Crippen LogP contribution in [0.2, 0.25) is 0 Å². The van der Waals surface area contributed by atoms with Crippen molar-refractivity contribution in [1.29, 1.82) is 0 Å². The van der Waals surface area contributed by atoms with Crippen molar-refractivity contribution in [2.45, 2.75) is 12.1 Å². The van der Waals surface area contributed by atoms with Gasteiger partial charge in [-0.3, -0.25) is 19.4 Å². The van der Waals surface area contributed by atoms with Gasteiger partial charge in [0.05, 0.1) is 36.9 Å². The molecule has 0 bridgehead atoms. The van der Waals surface area contributed by atoms with Crippen LogP contribution in [0.5, 0.6) is 5.75 Å². The Morgan fingerprint density at radius 1 is 0.853 bits per heavy atom. The molecule has 0 aromatic heterocycles. The number of hydrogen-bond acceptors (Lipinski definition) is 6. The first-order valence-corrected chi connectivity index (χ1v) is 11.1.